The monoisotopic (exact) mass is 382 g/mol. The van der Waals surface area contributed by atoms with Crippen LogP contribution in [-0.2, 0) is 14.3 Å². The molecule has 0 bridgehead atoms. The van der Waals surface area contributed by atoms with Crippen LogP contribution in [0.3, 0.4) is 0 Å². The molecule has 0 radical (unpaired) electrons. The first kappa shape index (κ1) is 20.7. The van der Waals surface area contributed by atoms with Gasteiger partial charge in [-0.3, -0.25) is 14.5 Å². The third kappa shape index (κ3) is 5.20. The van der Waals surface area contributed by atoms with E-state index in [9.17, 15) is 14.0 Å². The Morgan fingerprint density at radius 1 is 1.38 bits per heavy atom. The molecule has 26 heavy (non-hydrogen) atoms. The zero-order valence-corrected chi connectivity index (χ0v) is 16.4. The van der Waals surface area contributed by atoms with E-state index in [4.69, 9.17) is 4.74 Å². The Balaban J connectivity index is 2.08. The van der Waals surface area contributed by atoms with Gasteiger partial charge in [0.2, 0.25) is 5.91 Å². The van der Waals surface area contributed by atoms with Crippen molar-refractivity contribution >= 4 is 23.6 Å². The molecule has 1 fully saturated rings. The van der Waals surface area contributed by atoms with Gasteiger partial charge in [-0.2, -0.15) is 0 Å². The number of nitrogens with zero attached hydrogens (tertiary/aromatic N) is 2. The van der Waals surface area contributed by atoms with Crippen molar-refractivity contribution in [3.63, 3.8) is 0 Å². The Hall–Kier alpha value is -1.60. The van der Waals surface area contributed by atoms with Gasteiger partial charge >= 0.3 is 5.97 Å². The molecule has 1 aliphatic heterocycles. The van der Waals surface area contributed by atoms with Crippen LogP contribution in [0.15, 0.2) is 24.3 Å². The van der Waals surface area contributed by atoms with Crippen molar-refractivity contribution in [3.8, 4) is 0 Å². The van der Waals surface area contributed by atoms with E-state index in [-0.39, 0.29) is 29.6 Å². The summed E-state index contributed by atoms with van der Waals surface area (Å²) in [4.78, 5) is 28.5. The zero-order valence-electron chi connectivity index (χ0n) is 15.6. The quantitative estimate of drug-likeness (QED) is 0.647. The number of carbonyl (C=O) groups is 2. The molecular weight excluding hydrogens is 355 g/mol. The number of rotatable bonds is 8. The van der Waals surface area contributed by atoms with E-state index in [2.05, 4.69) is 6.92 Å². The average Bonchev–Trinajstić information content (AvgIpc) is 3.14. The SMILES string of the molecule is CCCCN(CC(=O)N1CCS[C@H]1c1ccc(F)cc1)[C@@H](C)C(=O)OC. The highest BCUT2D eigenvalue weighted by molar-refractivity contribution is 7.99. The van der Waals surface area contributed by atoms with E-state index in [1.54, 1.807) is 30.8 Å². The van der Waals surface area contributed by atoms with Crippen LogP contribution in [0.25, 0.3) is 0 Å². The van der Waals surface area contributed by atoms with Crippen LogP contribution in [0.1, 0.15) is 37.6 Å². The van der Waals surface area contributed by atoms with Crippen molar-refractivity contribution in [1.29, 1.82) is 0 Å². The summed E-state index contributed by atoms with van der Waals surface area (Å²) >= 11 is 1.67. The Labute approximate surface area is 158 Å². The largest absolute Gasteiger partial charge is 0.468 e. The number of esters is 1. The topological polar surface area (TPSA) is 49.9 Å². The zero-order chi connectivity index (χ0) is 19.1. The smallest absolute Gasteiger partial charge is 0.322 e. The lowest BCUT2D eigenvalue weighted by Crippen LogP contribution is -2.47. The van der Waals surface area contributed by atoms with E-state index in [0.717, 1.165) is 24.2 Å². The van der Waals surface area contributed by atoms with Gasteiger partial charge in [-0.15, -0.1) is 11.8 Å². The molecule has 1 saturated heterocycles. The lowest BCUT2D eigenvalue weighted by Gasteiger charge is -2.30. The highest BCUT2D eigenvalue weighted by atomic mass is 32.2. The Morgan fingerprint density at radius 2 is 2.08 bits per heavy atom. The van der Waals surface area contributed by atoms with Gasteiger partial charge in [0.05, 0.1) is 13.7 Å². The molecule has 0 N–H and O–H groups in total. The van der Waals surface area contributed by atoms with Gasteiger partial charge in [0.25, 0.3) is 0 Å². The van der Waals surface area contributed by atoms with Gasteiger partial charge in [-0.25, -0.2) is 4.39 Å². The summed E-state index contributed by atoms with van der Waals surface area (Å²) in [6.07, 6.45) is 1.89. The van der Waals surface area contributed by atoms with E-state index < -0.39 is 6.04 Å². The number of methoxy groups -OCH3 is 1. The van der Waals surface area contributed by atoms with Crippen LogP contribution >= 0.6 is 11.8 Å². The number of benzene rings is 1. The molecule has 2 atom stereocenters. The second-order valence-electron chi connectivity index (χ2n) is 6.38. The second-order valence-corrected chi connectivity index (χ2v) is 7.57. The fourth-order valence-corrected chi connectivity index (χ4v) is 4.26. The molecule has 0 saturated carbocycles. The fraction of sp³-hybridized carbons (Fsp3) is 0.579. The molecule has 0 aliphatic carbocycles. The van der Waals surface area contributed by atoms with E-state index in [0.29, 0.717) is 13.1 Å². The first-order chi connectivity index (χ1) is 12.5. The van der Waals surface area contributed by atoms with Gasteiger partial charge in [-0.05, 0) is 37.6 Å². The lowest BCUT2D eigenvalue weighted by molar-refractivity contribution is -0.147. The van der Waals surface area contributed by atoms with Crippen molar-refractivity contribution < 1.29 is 18.7 Å². The number of halogens is 1. The molecule has 0 spiro atoms. The Morgan fingerprint density at radius 3 is 2.69 bits per heavy atom. The van der Waals surface area contributed by atoms with Crippen molar-refractivity contribution in [2.75, 3.05) is 32.5 Å². The van der Waals surface area contributed by atoms with Crippen molar-refractivity contribution in [3.05, 3.63) is 35.6 Å². The highest BCUT2D eigenvalue weighted by Gasteiger charge is 2.33. The molecule has 2 rings (SSSR count). The first-order valence-electron chi connectivity index (χ1n) is 8.96. The first-order valence-corrected chi connectivity index (χ1v) is 10.0. The number of carbonyl (C=O) groups excluding carboxylic acids is 2. The van der Waals surface area contributed by atoms with Crippen LogP contribution in [0.4, 0.5) is 4.39 Å². The summed E-state index contributed by atoms with van der Waals surface area (Å²) in [5.41, 5.74) is 0.920. The van der Waals surface area contributed by atoms with Gasteiger partial charge in [-0.1, -0.05) is 25.5 Å². The second kappa shape index (κ2) is 9.92. The summed E-state index contributed by atoms with van der Waals surface area (Å²) in [6.45, 7) is 5.34. The Bertz CT molecular complexity index is 611. The minimum absolute atomic E-state index is 0.0174. The number of hydrogen-bond acceptors (Lipinski definition) is 5. The standard InChI is InChI=1S/C19H27FN2O3S/c1-4-5-10-21(14(2)19(24)25-3)13-17(23)22-11-12-26-18(22)15-6-8-16(20)9-7-15/h6-9,14,18H,4-5,10-13H2,1-3H3/t14-,18-/m0/s1. The highest BCUT2D eigenvalue weighted by Crippen LogP contribution is 2.37. The molecule has 1 aromatic rings. The van der Waals surface area contributed by atoms with E-state index in [1.807, 2.05) is 9.80 Å². The van der Waals surface area contributed by atoms with Crippen LogP contribution < -0.4 is 0 Å². The molecular formula is C19H27FN2O3S. The summed E-state index contributed by atoms with van der Waals surface area (Å²) in [5.74, 6) is 0.207. The van der Waals surface area contributed by atoms with Gasteiger partial charge in [0.1, 0.15) is 17.2 Å². The fourth-order valence-electron chi connectivity index (χ4n) is 2.98. The van der Waals surface area contributed by atoms with Crippen molar-refractivity contribution in [1.82, 2.24) is 9.80 Å². The maximum atomic E-state index is 13.2. The molecule has 7 heteroatoms. The third-order valence-corrected chi connectivity index (χ3v) is 5.85. The molecule has 1 aliphatic rings. The van der Waals surface area contributed by atoms with E-state index >= 15 is 0 Å². The molecule has 0 aromatic heterocycles. The Kier molecular flexibility index (Phi) is 7.90. The molecule has 5 nitrogen and oxygen atoms in total. The number of ether oxygens (including phenoxy) is 1. The molecule has 1 amide bonds. The summed E-state index contributed by atoms with van der Waals surface area (Å²) < 4.78 is 18.0. The molecule has 144 valence electrons. The van der Waals surface area contributed by atoms with Crippen LogP contribution in [0.5, 0.6) is 0 Å². The summed E-state index contributed by atoms with van der Waals surface area (Å²) in [6, 6.07) is 5.83. The number of amides is 1. The van der Waals surface area contributed by atoms with Crippen molar-refractivity contribution in [2.24, 2.45) is 0 Å². The molecule has 1 aromatic carbocycles. The number of unbranched alkanes of at least 4 members (excludes halogenated alkanes) is 1. The molecule has 0 unspecified atom stereocenters. The van der Waals surface area contributed by atoms with Crippen LogP contribution in [-0.4, -0.2) is 60.2 Å². The van der Waals surface area contributed by atoms with E-state index in [1.165, 1.54) is 19.2 Å². The average molecular weight is 383 g/mol. The maximum Gasteiger partial charge on any atom is 0.322 e. The van der Waals surface area contributed by atoms with Gasteiger partial charge < -0.3 is 9.64 Å². The normalized spacial score (nSPS) is 18.2. The minimum atomic E-state index is -0.463. The van der Waals surface area contributed by atoms with Crippen LogP contribution in [0, 0.1) is 5.82 Å². The van der Waals surface area contributed by atoms with Gasteiger partial charge in [0.15, 0.2) is 0 Å². The van der Waals surface area contributed by atoms with Crippen LogP contribution in [0.2, 0.25) is 0 Å². The molecule has 1 heterocycles. The predicted molar refractivity (Wildman–Crippen MR) is 101 cm³/mol. The lowest BCUT2D eigenvalue weighted by atomic mass is 10.2. The summed E-state index contributed by atoms with van der Waals surface area (Å²) in [5, 5.41) is -0.107. The predicted octanol–water partition coefficient (Wildman–Crippen LogP) is 3.06. The third-order valence-electron chi connectivity index (χ3n) is 4.59. The number of hydrogen-bond donors (Lipinski definition) is 0. The van der Waals surface area contributed by atoms with Gasteiger partial charge in [0, 0.05) is 12.3 Å². The summed E-state index contributed by atoms with van der Waals surface area (Å²) in [7, 11) is 1.36. The van der Waals surface area contributed by atoms with Crippen molar-refractivity contribution in [2.45, 2.75) is 38.1 Å². The number of thioether (sulfide) groups is 1. The maximum absolute atomic E-state index is 13.2. The minimum Gasteiger partial charge on any atom is -0.468 e.